The van der Waals surface area contributed by atoms with Crippen molar-refractivity contribution in [1.29, 1.82) is 0 Å². The lowest BCUT2D eigenvalue weighted by atomic mass is 10.2. The molecule has 1 aromatic carbocycles. The van der Waals surface area contributed by atoms with Gasteiger partial charge in [-0.3, -0.25) is 4.79 Å². The zero-order valence-electron chi connectivity index (χ0n) is 10.7. The van der Waals surface area contributed by atoms with Gasteiger partial charge in [0.25, 0.3) is 0 Å². The van der Waals surface area contributed by atoms with Crippen LogP contribution in [0.3, 0.4) is 0 Å². The molecule has 8 heteroatoms. The number of carbonyl (C=O) groups is 3. The zero-order valence-corrected chi connectivity index (χ0v) is 11.5. The van der Waals surface area contributed by atoms with Crippen LogP contribution < -0.4 is 16.0 Å². The molecule has 0 atom stereocenters. The number of likely N-dealkylation sites (N-methyl/N-ethyl adjacent to an activating group) is 1. The summed E-state index contributed by atoms with van der Waals surface area (Å²) < 4.78 is 0. The quantitative estimate of drug-likeness (QED) is 0.657. The highest BCUT2D eigenvalue weighted by atomic mass is 35.5. The minimum Gasteiger partial charge on any atom is -0.478 e. The number of aromatic carboxylic acids is 1. The van der Waals surface area contributed by atoms with Crippen LogP contribution in [0.4, 0.5) is 10.5 Å². The average molecular weight is 300 g/mol. The first-order valence-electron chi connectivity index (χ1n) is 5.78. The Balaban J connectivity index is 2.68. The average Bonchev–Trinajstić information content (AvgIpc) is 2.36. The number of carbonyl (C=O) groups excluding carboxylic acids is 2. The van der Waals surface area contributed by atoms with Crippen LogP contribution in [0.2, 0.25) is 5.02 Å². The molecule has 0 unspecified atom stereocenters. The van der Waals surface area contributed by atoms with Crippen molar-refractivity contribution in [3.05, 3.63) is 28.8 Å². The highest BCUT2D eigenvalue weighted by molar-refractivity contribution is 6.31. The van der Waals surface area contributed by atoms with E-state index in [9.17, 15) is 14.4 Å². The Morgan fingerprint density at radius 3 is 2.55 bits per heavy atom. The number of hydrogen-bond acceptors (Lipinski definition) is 3. The molecule has 0 fully saturated rings. The smallest absolute Gasteiger partial charge is 0.337 e. The third-order valence-electron chi connectivity index (χ3n) is 2.24. The molecular formula is C12H14ClN3O4. The molecule has 3 amide bonds. The molecule has 1 rings (SSSR count). The van der Waals surface area contributed by atoms with E-state index in [2.05, 4.69) is 16.0 Å². The minimum atomic E-state index is -1.19. The number of benzene rings is 1. The maximum absolute atomic E-state index is 11.6. The minimum absolute atomic E-state index is 0.0541. The van der Waals surface area contributed by atoms with E-state index in [0.29, 0.717) is 6.54 Å². The highest BCUT2D eigenvalue weighted by Crippen LogP contribution is 2.20. The van der Waals surface area contributed by atoms with E-state index in [-0.39, 0.29) is 28.7 Å². The van der Waals surface area contributed by atoms with Crippen molar-refractivity contribution in [2.24, 2.45) is 0 Å². The van der Waals surface area contributed by atoms with Gasteiger partial charge in [-0.1, -0.05) is 11.6 Å². The second kappa shape index (κ2) is 7.34. The van der Waals surface area contributed by atoms with Gasteiger partial charge in [0.1, 0.15) is 0 Å². The van der Waals surface area contributed by atoms with Gasteiger partial charge >= 0.3 is 12.0 Å². The number of nitrogens with one attached hydrogen (secondary N) is 3. The van der Waals surface area contributed by atoms with Crippen LogP contribution in [0.15, 0.2) is 18.2 Å². The van der Waals surface area contributed by atoms with Crippen molar-refractivity contribution in [2.75, 3.05) is 18.4 Å². The van der Waals surface area contributed by atoms with Crippen LogP contribution in [-0.4, -0.2) is 36.1 Å². The normalized spacial score (nSPS) is 9.70. The van der Waals surface area contributed by atoms with Crippen LogP contribution in [0.25, 0.3) is 0 Å². The van der Waals surface area contributed by atoms with Crippen molar-refractivity contribution in [1.82, 2.24) is 10.6 Å². The van der Waals surface area contributed by atoms with Crippen molar-refractivity contribution < 1.29 is 19.5 Å². The lowest BCUT2D eigenvalue weighted by molar-refractivity contribution is -0.119. The monoisotopic (exact) mass is 299 g/mol. The molecule has 108 valence electrons. The summed E-state index contributed by atoms with van der Waals surface area (Å²) in [6.07, 6.45) is 0. The Morgan fingerprint density at radius 2 is 1.95 bits per heavy atom. The lowest BCUT2D eigenvalue weighted by Gasteiger charge is -2.10. The fraction of sp³-hybridized carbons (Fsp3) is 0.250. The molecule has 7 nitrogen and oxygen atoms in total. The van der Waals surface area contributed by atoms with Gasteiger partial charge in [0.05, 0.1) is 17.8 Å². The second-order valence-corrected chi connectivity index (χ2v) is 4.19. The fourth-order valence-corrected chi connectivity index (χ4v) is 1.57. The largest absolute Gasteiger partial charge is 0.478 e. The fourth-order valence-electron chi connectivity index (χ4n) is 1.39. The first-order valence-corrected chi connectivity index (χ1v) is 6.16. The summed E-state index contributed by atoms with van der Waals surface area (Å²) in [5.41, 5.74) is -0.0408. The summed E-state index contributed by atoms with van der Waals surface area (Å²) in [7, 11) is 0. The Kier molecular flexibility index (Phi) is 5.79. The number of carboxylic acids is 1. The Hall–Kier alpha value is -2.28. The maximum atomic E-state index is 11.6. The van der Waals surface area contributed by atoms with E-state index in [1.165, 1.54) is 18.2 Å². The standard InChI is InChI=1S/C12H14ClN3O4/c1-2-14-10(17)6-15-12(20)16-9-5-7(13)3-4-8(9)11(18)19/h3-5H,2,6H2,1H3,(H,14,17)(H,18,19)(H2,15,16,20). The second-order valence-electron chi connectivity index (χ2n) is 3.76. The summed E-state index contributed by atoms with van der Waals surface area (Å²) in [4.78, 5) is 33.7. The first-order chi connectivity index (χ1) is 9.43. The Morgan fingerprint density at radius 1 is 1.25 bits per heavy atom. The highest BCUT2D eigenvalue weighted by Gasteiger charge is 2.13. The molecule has 20 heavy (non-hydrogen) atoms. The lowest BCUT2D eigenvalue weighted by Crippen LogP contribution is -2.39. The molecule has 0 aromatic heterocycles. The van der Waals surface area contributed by atoms with E-state index in [0.717, 1.165) is 0 Å². The molecule has 0 saturated heterocycles. The summed E-state index contributed by atoms with van der Waals surface area (Å²) in [6, 6.07) is 3.31. The van der Waals surface area contributed by atoms with E-state index in [1.807, 2.05) is 0 Å². The molecule has 0 aliphatic rings. The van der Waals surface area contributed by atoms with Crippen molar-refractivity contribution >= 4 is 35.2 Å². The van der Waals surface area contributed by atoms with Gasteiger partial charge in [-0.2, -0.15) is 0 Å². The predicted octanol–water partition coefficient (Wildman–Crippen LogP) is 1.30. The third kappa shape index (κ3) is 4.77. The molecule has 0 saturated carbocycles. The summed E-state index contributed by atoms with van der Waals surface area (Å²) in [5, 5.41) is 16.4. The number of anilines is 1. The summed E-state index contributed by atoms with van der Waals surface area (Å²) >= 11 is 5.74. The van der Waals surface area contributed by atoms with Gasteiger partial charge in [-0.15, -0.1) is 0 Å². The first kappa shape index (κ1) is 15.8. The molecule has 0 radical (unpaired) electrons. The van der Waals surface area contributed by atoms with Crippen LogP contribution >= 0.6 is 11.6 Å². The molecule has 0 spiro atoms. The zero-order chi connectivity index (χ0) is 15.1. The number of rotatable bonds is 5. The molecule has 4 N–H and O–H groups in total. The summed E-state index contributed by atoms with van der Waals surface area (Å²) in [6.45, 7) is 2.01. The van der Waals surface area contributed by atoms with Gasteiger partial charge in [0, 0.05) is 11.6 Å². The molecular weight excluding hydrogens is 286 g/mol. The number of urea groups is 1. The van der Waals surface area contributed by atoms with Crippen LogP contribution in [0.1, 0.15) is 17.3 Å². The topological polar surface area (TPSA) is 108 Å². The molecule has 0 aliphatic heterocycles. The molecule has 0 heterocycles. The SMILES string of the molecule is CCNC(=O)CNC(=O)Nc1cc(Cl)ccc1C(=O)O. The van der Waals surface area contributed by atoms with E-state index in [4.69, 9.17) is 16.7 Å². The van der Waals surface area contributed by atoms with Gasteiger partial charge in [0.2, 0.25) is 5.91 Å². The van der Waals surface area contributed by atoms with Gasteiger partial charge in [-0.25, -0.2) is 9.59 Å². The van der Waals surface area contributed by atoms with Gasteiger partial charge in [-0.05, 0) is 25.1 Å². The van der Waals surface area contributed by atoms with Crippen LogP contribution in [-0.2, 0) is 4.79 Å². The number of hydrogen-bond donors (Lipinski definition) is 4. The van der Waals surface area contributed by atoms with E-state index in [1.54, 1.807) is 6.92 Å². The maximum Gasteiger partial charge on any atom is 0.337 e. The van der Waals surface area contributed by atoms with Gasteiger partial charge < -0.3 is 21.1 Å². The molecule has 1 aromatic rings. The van der Waals surface area contributed by atoms with Gasteiger partial charge in [0.15, 0.2) is 0 Å². The number of amides is 3. The van der Waals surface area contributed by atoms with Crippen molar-refractivity contribution in [2.45, 2.75) is 6.92 Å². The molecule has 0 bridgehead atoms. The number of carboxylic acid groups (broad SMARTS) is 1. The van der Waals surface area contributed by atoms with E-state index < -0.39 is 12.0 Å². The van der Waals surface area contributed by atoms with Crippen molar-refractivity contribution in [3.8, 4) is 0 Å². The predicted molar refractivity (Wildman–Crippen MR) is 74.1 cm³/mol. The molecule has 0 aliphatic carbocycles. The Labute approximate surface area is 120 Å². The van der Waals surface area contributed by atoms with Crippen LogP contribution in [0, 0.1) is 0 Å². The number of halogens is 1. The summed E-state index contributed by atoms with van der Waals surface area (Å²) in [5.74, 6) is -1.53. The van der Waals surface area contributed by atoms with E-state index >= 15 is 0 Å². The third-order valence-corrected chi connectivity index (χ3v) is 2.48. The van der Waals surface area contributed by atoms with Crippen LogP contribution in [0.5, 0.6) is 0 Å². The Bertz CT molecular complexity index is 533. The van der Waals surface area contributed by atoms with Crippen molar-refractivity contribution in [3.63, 3.8) is 0 Å².